The molecule has 0 saturated carbocycles. The summed E-state index contributed by atoms with van der Waals surface area (Å²) in [5.74, 6) is 0.773. The van der Waals surface area contributed by atoms with Crippen molar-refractivity contribution in [3.63, 3.8) is 0 Å². The average molecular weight is 207 g/mol. The molecule has 0 aromatic heterocycles. The summed E-state index contributed by atoms with van der Waals surface area (Å²) in [5, 5.41) is 13.0. The molecular formula is C10H13N3O2. The van der Waals surface area contributed by atoms with E-state index in [1.807, 2.05) is 13.0 Å². The Morgan fingerprint density at radius 1 is 1.60 bits per heavy atom. The molecule has 0 aliphatic heterocycles. The van der Waals surface area contributed by atoms with Crippen LogP contribution in [0.1, 0.15) is 17.2 Å². The second-order valence-corrected chi connectivity index (χ2v) is 3.16. The molecule has 5 heteroatoms. The van der Waals surface area contributed by atoms with Crippen molar-refractivity contribution in [3.8, 4) is 5.75 Å². The van der Waals surface area contributed by atoms with Crippen molar-refractivity contribution < 1.29 is 9.84 Å². The van der Waals surface area contributed by atoms with Gasteiger partial charge in [-0.15, -0.1) is 0 Å². The molecule has 0 bridgehead atoms. The maximum absolute atomic E-state index is 9.63. The number of nitrogens with zero attached hydrogens (tertiary/aromatic N) is 3. The quantitative estimate of drug-likeness (QED) is 0.467. The fraction of sp³-hybridized carbons (Fsp3) is 0.400. The lowest BCUT2D eigenvalue weighted by molar-refractivity contribution is 0.186. The number of ether oxygens (including phenoxy) is 1. The Bertz CT molecular complexity index is 386. The predicted octanol–water partition coefficient (Wildman–Crippen LogP) is 2.35. The molecule has 0 amide bonds. The van der Waals surface area contributed by atoms with E-state index in [1.54, 1.807) is 19.2 Å². The highest BCUT2D eigenvalue weighted by molar-refractivity contribution is 5.37. The van der Waals surface area contributed by atoms with Gasteiger partial charge in [0.05, 0.1) is 19.8 Å². The van der Waals surface area contributed by atoms with E-state index < -0.39 is 6.10 Å². The molecule has 15 heavy (non-hydrogen) atoms. The molecule has 0 spiro atoms. The van der Waals surface area contributed by atoms with E-state index in [4.69, 9.17) is 10.3 Å². The molecule has 1 atom stereocenters. The molecule has 0 fully saturated rings. The topological polar surface area (TPSA) is 78.2 Å². The van der Waals surface area contributed by atoms with E-state index >= 15 is 0 Å². The summed E-state index contributed by atoms with van der Waals surface area (Å²) >= 11 is 0. The van der Waals surface area contributed by atoms with Crippen LogP contribution in [0.15, 0.2) is 23.3 Å². The highest BCUT2D eigenvalue weighted by Gasteiger charge is 2.07. The molecule has 0 aliphatic rings. The smallest absolute Gasteiger partial charge is 0.121 e. The van der Waals surface area contributed by atoms with Gasteiger partial charge in [-0.1, -0.05) is 11.2 Å². The van der Waals surface area contributed by atoms with E-state index in [-0.39, 0.29) is 6.54 Å². The number of benzene rings is 1. The van der Waals surface area contributed by atoms with Crippen LogP contribution in [0.2, 0.25) is 0 Å². The summed E-state index contributed by atoms with van der Waals surface area (Å²) in [7, 11) is 1.60. The number of aliphatic hydroxyl groups is 1. The molecule has 1 aromatic rings. The Hall–Kier alpha value is -1.71. The average Bonchev–Trinajstić information content (AvgIpc) is 2.25. The SMILES string of the molecule is COc1ccc(C(O)CN=[N+]=[N-])cc1C. The first-order chi connectivity index (χ1) is 7.19. The Morgan fingerprint density at radius 3 is 2.87 bits per heavy atom. The molecule has 80 valence electrons. The number of methoxy groups -OCH3 is 1. The lowest BCUT2D eigenvalue weighted by Crippen LogP contribution is -2.01. The maximum Gasteiger partial charge on any atom is 0.121 e. The molecular weight excluding hydrogens is 194 g/mol. The monoisotopic (exact) mass is 207 g/mol. The molecule has 0 radical (unpaired) electrons. The normalized spacial score (nSPS) is 11.7. The third-order valence-electron chi connectivity index (χ3n) is 2.12. The first-order valence-corrected chi connectivity index (χ1v) is 4.52. The fourth-order valence-electron chi connectivity index (χ4n) is 1.33. The van der Waals surface area contributed by atoms with Crippen molar-refractivity contribution in [1.29, 1.82) is 0 Å². The summed E-state index contributed by atoms with van der Waals surface area (Å²) in [6.45, 7) is 1.94. The third-order valence-corrected chi connectivity index (χ3v) is 2.12. The zero-order valence-electron chi connectivity index (χ0n) is 8.71. The second-order valence-electron chi connectivity index (χ2n) is 3.16. The Labute approximate surface area is 87.9 Å². The zero-order valence-corrected chi connectivity index (χ0v) is 8.71. The van der Waals surface area contributed by atoms with E-state index in [0.717, 1.165) is 16.9 Å². The van der Waals surface area contributed by atoms with Crippen LogP contribution in [0.25, 0.3) is 10.4 Å². The van der Waals surface area contributed by atoms with Crippen LogP contribution in [-0.2, 0) is 0 Å². The van der Waals surface area contributed by atoms with Gasteiger partial charge < -0.3 is 9.84 Å². The van der Waals surface area contributed by atoms with E-state index in [1.165, 1.54) is 0 Å². The van der Waals surface area contributed by atoms with Gasteiger partial charge in [0.1, 0.15) is 5.75 Å². The highest BCUT2D eigenvalue weighted by atomic mass is 16.5. The predicted molar refractivity (Wildman–Crippen MR) is 56.7 cm³/mol. The zero-order chi connectivity index (χ0) is 11.3. The molecule has 1 rings (SSSR count). The summed E-state index contributed by atoms with van der Waals surface area (Å²) < 4.78 is 5.10. The van der Waals surface area contributed by atoms with Crippen molar-refractivity contribution in [2.75, 3.05) is 13.7 Å². The standard InChI is InChI=1S/C10H13N3O2/c1-7-5-8(3-4-10(7)15-2)9(14)6-12-13-11/h3-5,9,14H,6H2,1-2H3. The van der Waals surface area contributed by atoms with E-state index in [2.05, 4.69) is 10.0 Å². The lowest BCUT2D eigenvalue weighted by Gasteiger charge is -2.10. The van der Waals surface area contributed by atoms with Gasteiger partial charge in [0, 0.05) is 4.91 Å². The molecule has 0 saturated heterocycles. The first kappa shape index (κ1) is 11.4. The third kappa shape index (κ3) is 2.87. The van der Waals surface area contributed by atoms with Crippen molar-refractivity contribution in [1.82, 2.24) is 0 Å². The number of rotatable bonds is 4. The molecule has 5 nitrogen and oxygen atoms in total. The van der Waals surface area contributed by atoms with Gasteiger partial charge >= 0.3 is 0 Å². The number of hydrogen-bond donors (Lipinski definition) is 1. The minimum absolute atomic E-state index is 0.0439. The highest BCUT2D eigenvalue weighted by Crippen LogP contribution is 2.22. The number of aryl methyl sites for hydroxylation is 1. The van der Waals surface area contributed by atoms with Crippen LogP contribution in [0.4, 0.5) is 0 Å². The van der Waals surface area contributed by atoms with Gasteiger partial charge in [-0.25, -0.2) is 0 Å². The minimum Gasteiger partial charge on any atom is -0.496 e. The largest absolute Gasteiger partial charge is 0.496 e. The summed E-state index contributed by atoms with van der Waals surface area (Å²) in [5.41, 5.74) is 9.79. The summed E-state index contributed by atoms with van der Waals surface area (Å²) in [6.07, 6.45) is -0.759. The molecule has 1 aromatic carbocycles. The van der Waals surface area contributed by atoms with Crippen molar-refractivity contribution >= 4 is 0 Å². The van der Waals surface area contributed by atoms with Gasteiger partial charge in [-0.05, 0) is 35.7 Å². The van der Waals surface area contributed by atoms with Crippen LogP contribution in [0.3, 0.4) is 0 Å². The van der Waals surface area contributed by atoms with Crippen molar-refractivity contribution in [3.05, 3.63) is 39.8 Å². The van der Waals surface area contributed by atoms with Crippen LogP contribution < -0.4 is 4.74 Å². The fourth-order valence-corrected chi connectivity index (χ4v) is 1.33. The number of azide groups is 1. The Balaban J connectivity index is 2.86. The molecule has 0 aliphatic carbocycles. The maximum atomic E-state index is 9.63. The molecule has 1 unspecified atom stereocenters. The second kappa shape index (κ2) is 5.24. The van der Waals surface area contributed by atoms with Crippen LogP contribution >= 0.6 is 0 Å². The number of hydrogen-bond acceptors (Lipinski definition) is 3. The van der Waals surface area contributed by atoms with E-state index in [9.17, 15) is 5.11 Å². The molecule has 0 heterocycles. The number of aliphatic hydroxyl groups excluding tert-OH is 1. The Morgan fingerprint density at radius 2 is 2.33 bits per heavy atom. The first-order valence-electron chi connectivity index (χ1n) is 4.52. The van der Waals surface area contributed by atoms with Gasteiger partial charge in [0.2, 0.25) is 0 Å². The van der Waals surface area contributed by atoms with Gasteiger partial charge in [0.15, 0.2) is 0 Å². The molecule has 1 N–H and O–H groups in total. The van der Waals surface area contributed by atoms with Crippen LogP contribution in [0.5, 0.6) is 5.75 Å². The van der Waals surface area contributed by atoms with Crippen LogP contribution in [-0.4, -0.2) is 18.8 Å². The van der Waals surface area contributed by atoms with Gasteiger partial charge in [0.25, 0.3) is 0 Å². The van der Waals surface area contributed by atoms with Gasteiger partial charge in [-0.2, -0.15) is 0 Å². The summed E-state index contributed by atoms with van der Waals surface area (Å²) in [4.78, 5) is 2.60. The van der Waals surface area contributed by atoms with Crippen molar-refractivity contribution in [2.24, 2.45) is 5.11 Å². The van der Waals surface area contributed by atoms with Crippen LogP contribution in [0, 0.1) is 6.92 Å². The summed E-state index contributed by atoms with van der Waals surface area (Å²) in [6, 6.07) is 5.35. The van der Waals surface area contributed by atoms with Crippen molar-refractivity contribution in [2.45, 2.75) is 13.0 Å². The van der Waals surface area contributed by atoms with E-state index in [0.29, 0.717) is 0 Å². The van der Waals surface area contributed by atoms with Gasteiger partial charge in [-0.3, -0.25) is 0 Å². The minimum atomic E-state index is -0.759. The lowest BCUT2D eigenvalue weighted by atomic mass is 10.1. The Kier molecular flexibility index (Phi) is 3.97.